The molecule has 1 aliphatic heterocycles. The molecule has 2 aromatic rings. The number of rotatable bonds is 6. The van der Waals surface area contributed by atoms with E-state index in [0.717, 1.165) is 6.20 Å². The number of carboxylic acid groups (broad SMARTS) is 1. The number of hydrogen-bond donors (Lipinski definition) is 4. The topological polar surface area (TPSA) is 183 Å². The third-order valence-corrected chi connectivity index (χ3v) is 4.01. The van der Waals surface area contributed by atoms with Crippen molar-refractivity contribution < 1.29 is 39.8 Å². The van der Waals surface area contributed by atoms with Crippen molar-refractivity contribution in [1.82, 2.24) is 20.0 Å². The molecule has 27 heavy (non-hydrogen) atoms. The Labute approximate surface area is 152 Å². The standard InChI is InChI=1S/C15H18N4O8/c20-5-10-11(21)12(22)13(23)15(27-10)26-6-8-4-19(18-17-8)9-1-7(14(24)25)2-16-3-9/h1-4,10-13,15,20-23H,5-6H2,(H,24,25)/p-1/t10-,11-,12+,13+,15+/m1/s1. The molecule has 3 heterocycles. The van der Waals surface area contributed by atoms with E-state index in [1.165, 1.54) is 23.1 Å². The molecular formula is C15H17N4O8-. The summed E-state index contributed by atoms with van der Waals surface area (Å²) in [6, 6.07) is 1.30. The number of hydrogen-bond acceptors (Lipinski definition) is 11. The Balaban J connectivity index is 1.66. The van der Waals surface area contributed by atoms with E-state index in [4.69, 9.17) is 14.6 Å². The van der Waals surface area contributed by atoms with Crippen molar-refractivity contribution in [3.63, 3.8) is 0 Å². The second-order valence-electron chi connectivity index (χ2n) is 5.88. The van der Waals surface area contributed by atoms with Gasteiger partial charge in [-0.3, -0.25) is 4.98 Å². The molecule has 1 aliphatic rings. The van der Waals surface area contributed by atoms with Crippen molar-refractivity contribution >= 4 is 5.97 Å². The number of nitrogens with zero attached hydrogens (tertiary/aromatic N) is 4. The second kappa shape index (κ2) is 8.04. The highest BCUT2D eigenvalue weighted by Gasteiger charge is 2.44. The quantitative estimate of drug-likeness (QED) is 0.387. The van der Waals surface area contributed by atoms with Gasteiger partial charge in [-0.2, -0.15) is 0 Å². The zero-order valence-electron chi connectivity index (χ0n) is 13.8. The molecule has 1 fully saturated rings. The first-order valence-electron chi connectivity index (χ1n) is 7.91. The first kappa shape index (κ1) is 19.3. The molecule has 5 atom stereocenters. The fourth-order valence-electron chi connectivity index (χ4n) is 2.53. The van der Waals surface area contributed by atoms with Gasteiger partial charge in [0.15, 0.2) is 6.29 Å². The van der Waals surface area contributed by atoms with Gasteiger partial charge >= 0.3 is 0 Å². The fourth-order valence-corrected chi connectivity index (χ4v) is 2.53. The number of aliphatic hydroxyl groups excluding tert-OH is 4. The number of ether oxygens (including phenoxy) is 2. The Bertz CT molecular complexity index is 798. The number of aromatic nitrogens is 4. The van der Waals surface area contributed by atoms with E-state index in [0.29, 0.717) is 11.4 Å². The summed E-state index contributed by atoms with van der Waals surface area (Å²) < 4.78 is 11.8. The lowest BCUT2D eigenvalue weighted by molar-refractivity contribution is -0.304. The molecule has 3 rings (SSSR count). The maximum Gasteiger partial charge on any atom is 0.187 e. The predicted octanol–water partition coefficient (Wildman–Crippen LogP) is -3.66. The van der Waals surface area contributed by atoms with Crippen molar-refractivity contribution in [2.45, 2.75) is 37.3 Å². The highest BCUT2D eigenvalue weighted by Crippen LogP contribution is 2.22. The zero-order valence-corrected chi connectivity index (χ0v) is 13.8. The van der Waals surface area contributed by atoms with Gasteiger partial charge in [-0.15, -0.1) is 5.10 Å². The lowest BCUT2D eigenvalue weighted by Gasteiger charge is -2.39. The first-order valence-corrected chi connectivity index (χ1v) is 7.91. The highest BCUT2D eigenvalue weighted by molar-refractivity contribution is 5.85. The van der Waals surface area contributed by atoms with Crippen LogP contribution in [-0.4, -0.2) is 83.7 Å². The lowest BCUT2D eigenvalue weighted by atomic mass is 9.99. The average molecular weight is 381 g/mol. The summed E-state index contributed by atoms with van der Waals surface area (Å²) in [5, 5.41) is 57.1. The first-order chi connectivity index (χ1) is 12.9. The molecule has 12 heteroatoms. The maximum absolute atomic E-state index is 10.9. The van der Waals surface area contributed by atoms with Gasteiger partial charge in [0.1, 0.15) is 30.1 Å². The van der Waals surface area contributed by atoms with Crippen LogP contribution in [-0.2, 0) is 16.1 Å². The summed E-state index contributed by atoms with van der Waals surface area (Å²) in [6.07, 6.45) is -2.97. The Kier molecular flexibility index (Phi) is 5.74. The minimum absolute atomic E-state index is 0.123. The van der Waals surface area contributed by atoms with E-state index in [1.807, 2.05) is 0 Å². The average Bonchev–Trinajstić information content (AvgIpc) is 3.15. The molecule has 146 valence electrons. The van der Waals surface area contributed by atoms with Gasteiger partial charge in [-0.25, -0.2) is 4.68 Å². The van der Waals surface area contributed by atoms with Crippen molar-refractivity contribution in [2.75, 3.05) is 6.61 Å². The van der Waals surface area contributed by atoms with E-state index >= 15 is 0 Å². The van der Waals surface area contributed by atoms with Crippen molar-refractivity contribution in [1.29, 1.82) is 0 Å². The van der Waals surface area contributed by atoms with Gasteiger partial charge in [-0.1, -0.05) is 5.21 Å². The van der Waals surface area contributed by atoms with Crippen LogP contribution < -0.4 is 5.11 Å². The van der Waals surface area contributed by atoms with E-state index in [2.05, 4.69) is 15.3 Å². The Morgan fingerprint density at radius 1 is 1.26 bits per heavy atom. The maximum atomic E-state index is 10.9. The Hall–Kier alpha value is -2.48. The van der Waals surface area contributed by atoms with Crippen LogP contribution in [0.25, 0.3) is 5.69 Å². The molecule has 0 aliphatic carbocycles. The van der Waals surface area contributed by atoms with Crippen molar-refractivity contribution in [3.8, 4) is 5.69 Å². The van der Waals surface area contributed by atoms with E-state index in [-0.39, 0.29) is 12.2 Å². The van der Waals surface area contributed by atoms with Gasteiger partial charge in [0.2, 0.25) is 0 Å². The lowest BCUT2D eigenvalue weighted by Crippen LogP contribution is -2.59. The number of carbonyl (C=O) groups is 1. The second-order valence-corrected chi connectivity index (χ2v) is 5.88. The van der Waals surface area contributed by atoms with Gasteiger partial charge in [-0.05, 0) is 6.07 Å². The fraction of sp³-hybridized carbons (Fsp3) is 0.467. The third kappa shape index (κ3) is 4.10. The monoisotopic (exact) mass is 381 g/mol. The molecule has 2 aromatic heterocycles. The van der Waals surface area contributed by atoms with E-state index in [9.17, 15) is 25.2 Å². The summed E-state index contributed by atoms with van der Waals surface area (Å²) in [7, 11) is 0. The van der Waals surface area contributed by atoms with Gasteiger partial charge < -0.3 is 39.8 Å². The van der Waals surface area contributed by atoms with Gasteiger partial charge in [0, 0.05) is 11.8 Å². The highest BCUT2D eigenvalue weighted by atomic mass is 16.7. The van der Waals surface area contributed by atoms with Gasteiger partial charge in [0.25, 0.3) is 0 Å². The zero-order chi connectivity index (χ0) is 19.6. The SMILES string of the molecule is O=C([O-])c1cncc(-n2cc(CO[C@H]3O[C@H](CO)[C@@H](O)[C@H](O)[C@@H]3O)nn2)c1. The van der Waals surface area contributed by atoms with Crippen LogP contribution in [0.15, 0.2) is 24.7 Å². The largest absolute Gasteiger partial charge is 0.545 e. The van der Waals surface area contributed by atoms with Crippen LogP contribution in [0.1, 0.15) is 16.1 Å². The smallest absolute Gasteiger partial charge is 0.187 e. The number of carbonyl (C=O) groups excluding carboxylic acids is 1. The molecule has 0 aromatic carbocycles. The van der Waals surface area contributed by atoms with Gasteiger partial charge in [0.05, 0.1) is 37.3 Å². The summed E-state index contributed by atoms with van der Waals surface area (Å²) in [4.78, 5) is 14.7. The van der Waals surface area contributed by atoms with Crippen LogP contribution >= 0.6 is 0 Å². The minimum Gasteiger partial charge on any atom is -0.545 e. The van der Waals surface area contributed by atoms with E-state index in [1.54, 1.807) is 0 Å². The number of aliphatic hydroxyl groups is 4. The molecule has 12 nitrogen and oxygen atoms in total. The molecule has 0 amide bonds. The van der Waals surface area contributed by atoms with Crippen LogP contribution in [0.5, 0.6) is 0 Å². The van der Waals surface area contributed by atoms with Crippen LogP contribution in [0, 0.1) is 0 Å². The molecule has 0 radical (unpaired) electrons. The number of pyridine rings is 1. The number of carboxylic acids is 1. The number of aromatic carboxylic acids is 1. The molecule has 4 N–H and O–H groups in total. The summed E-state index contributed by atoms with van der Waals surface area (Å²) in [5.41, 5.74) is 0.524. The molecule has 0 spiro atoms. The Morgan fingerprint density at radius 2 is 2.04 bits per heavy atom. The van der Waals surface area contributed by atoms with Crippen molar-refractivity contribution in [2.24, 2.45) is 0 Å². The molecule has 0 saturated carbocycles. The third-order valence-electron chi connectivity index (χ3n) is 4.01. The van der Waals surface area contributed by atoms with Crippen LogP contribution in [0.3, 0.4) is 0 Å². The summed E-state index contributed by atoms with van der Waals surface area (Å²) in [5.74, 6) is -1.38. The summed E-state index contributed by atoms with van der Waals surface area (Å²) in [6.45, 7) is -0.737. The van der Waals surface area contributed by atoms with E-state index < -0.39 is 43.3 Å². The summed E-state index contributed by atoms with van der Waals surface area (Å²) >= 11 is 0. The van der Waals surface area contributed by atoms with Crippen molar-refractivity contribution in [3.05, 3.63) is 35.9 Å². The predicted molar refractivity (Wildman–Crippen MR) is 82.0 cm³/mol. The molecule has 0 bridgehead atoms. The Morgan fingerprint density at radius 3 is 2.74 bits per heavy atom. The minimum atomic E-state index is -1.55. The van der Waals surface area contributed by atoms with Crippen LogP contribution in [0.4, 0.5) is 0 Å². The molecular weight excluding hydrogens is 364 g/mol. The molecule has 1 saturated heterocycles. The van der Waals surface area contributed by atoms with Crippen LogP contribution in [0.2, 0.25) is 0 Å². The molecule has 0 unspecified atom stereocenters. The normalized spacial score (nSPS) is 28.2.